The molecule has 5 N–H and O–H groups in total. The molecule has 10 nitrogen and oxygen atoms in total. The van der Waals surface area contributed by atoms with Gasteiger partial charge in [-0.2, -0.15) is 0 Å². The number of pyridine rings is 1. The fourth-order valence-electron chi connectivity index (χ4n) is 7.41. The van der Waals surface area contributed by atoms with E-state index in [1.807, 2.05) is 54.6 Å². The van der Waals surface area contributed by atoms with Gasteiger partial charge in [0.1, 0.15) is 11.5 Å². The summed E-state index contributed by atoms with van der Waals surface area (Å²) in [4.78, 5) is 31.3. The second-order valence-electron chi connectivity index (χ2n) is 13.0. The monoisotopic (exact) mass is 654 g/mol. The van der Waals surface area contributed by atoms with Gasteiger partial charge < -0.3 is 35.3 Å². The smallest absolute Gasteiger partial charge is 0.408 e. The molecule has 3 saturated heterocycles. The van der Waals surface area contributed by atoms with E-state index in [-0.39, 0.29) is 17.4 Å². The standard InChI is InChI=1S/C38H46N4O6/c43-33-15-13-30(31-14-16-35(45)40-36(31)33)34(44)24-39-19-6-1-2-7-22-48-29-12-8-11-28(23-29)37(27-9-4-3-5-10-27)42(38(46)47)32-25-41-20-17-26(32)18-21-41/h3-5,8-16,23,26,32,34,37,39,43-44H,1-2,6-7,17-22,24-25H2,(H,40,45)(H,46,47). The van der Waals surface area contributed by atoms with E-state index in [2.05, 4.69) is 15.2 Å². The van der Waals surface area contributed by atoms with Crippen molar-refractivity contribution in [3.63, 3.8) is 0 Å². The predicted octanol–water partition coefficient (Wildman–Crippen LogP) is 5.66. The van der Waals surface area contributed by atoms with Crippen molar-refractivity contribution >= 4 is 17.0 Å². The summed E-state index contributed by atoms with van der Waals surface area (Å²) in [6, 6.07) is 23.6. The molecule has 1 aromatic heterocycles. The number of aromatic amines is 1. The maximum absolute atomic E-state index is 12.9. The Morgan fingerprint density at radius 1 is 0.958 bits per heavy atom. The lowest BCUT2D eigenvalue weighted by Crippen LogP contribution is -2.59. The van der Waals surface area contributed by atoms with E-state index in [0.29, 0.717) is 35.5 Å². The molecular formula is C38H46N4O6. The van der Waals surface area contributed by atoms with Crippen LogP contribution >= 0.6 is 0 Å². The predicted molar refractivity (Wildman–Crippen MR) is 186 cm³/mol. The van der Waals surface area contributed by atoms with Crippen LogP contribution in [-0.4, -0.2) is 81.6 Å². The summed E-state index contributed by atoms with van der Waals surface area (Å²) in [5, 5.41) is 35.3. The van der Waals surface area contributed by atoms with Gasteiger partial charge in [-0.05, 0) is 92.2 Å². The Hall–Kier alpha value is -4.38. The van der Waals surface area contributed by atoms with Crippen molar-refractivity contribution in [3.05, 3.63) is 106 Å². The molecular weight excluding hydrogens is 608 g/mol. The van der Waals surface area contributed by atoms with E-state index in [1.54, 1.807) is 17.0 Å². The van der Waals surface area contributed by atoms with Gasteiger partial charge in [-0.25, -0.2) is 4.79 Å². The molecule has 3 atom stereocenters. The second-order valence-corrected chi connectivity index (χ2v) is 13.0. The number of phenols is 1. The van der Waals surface area contributed by atoms with Crippen LogP contribution in [0.15, 0.2) is 83.7 Å². The molecule has 48 heavy (non-hydrogen) atoms. The van der Waals surface area contributed by atoms with Crippen LogP contribution in [0.4, 0.5) is 4.79 Å². The molecule has 3 unspecified atom stereocenters. The number of aromatic hydroxyl groups is 1. The number of nitrogens with zero attached hydrogens (tertiary/aromatic N) is 2. The van der Waals surface area contributed by atoms with Crippen molar-refractivity contribution in [2.75, 3.05) is 39.3 Å². The van der Waals surface area contributed by atoms with Gasteiger partial charge in [0.2, 0.25) is 5.56 Å². The fourth-order valence-corrected chi connectivity index (χ4v) is 7.41. The van der Waals surface area contributed by atoms with Crippen molar-refractivity contribution in [1.29, 1.82) is 0 Å². The van der Waals surface area contributed by atoms with Gasteiger partial charge in [0.25, 0.3) is 0 Å². The van der Waals surface area contributed by atoms with Crippen LogP contribution in [0, 0.1) is 5.92 Å². The minimum Gasteiger partial charge on any atom is -0.506 e. The Bertz CT molecular complexity index is 1720. The number of aliphatic hydroxyl groups is 1. The van der Waals surface area contributed by atoms with Crippen molar-refractivity contribution in [2.45, 2.75) is 56.7 Å². The van der Waals surface area contributed by atoms with Gasteiger partial charge in [0, 0.05) is 24.5 Å². The number of unbranched alkanes of at least 4 members (excludes halogenated alkanes) is 3. The third-order valence-electron chi connectivity index (χ3n) is 9.89. The Balaban J connectivity index is 0.980. The summed E-state index contributed by atoms with van der Waals surface area (Å²) in [5.41, 5.74) is 2.55. The normalized spacial score (nSPS) is 20.0. The van der Waals surface area contributed by atoms with Crippen molar-refractivity contribution in [2.24, 2.45) is 5.92 Å². The second kappa shape index (κ2) is 15.7. The van der Waals surface area contributed by atoms with Crippen molar-refractivity contribution in [1.82, 2.24) is 20.1 Å². The largest absolute Gasteiger partial charge is 0.506 e. The molecule has 4 heterocycles. The molecule has 3 aromatic carbocycles. The third-order valence-corrected chi connectivity index (χ3v) is 9.89. The molecule has 10 heteroatoms. The minimum absolute atomic E-state index is 0.0239. The number of H-pyrrole nitrogens is 1. The number of aromatic nitrogens is 1. The van der Waals surface area contributed by atoms with E-state index in [0.717, 1.165) is 81.6 Å². The Morgan fingerprint density at radius 3 is 2.48 bits per heavy atom. The van der Waals surface area contributed by atoms with Crippen LogP contribution in [0.25, 0.3) is 10.9 Å². The van der Waals surface area contributed by atoms with E-state index >= 15 is 0 Å². The van der Waals surface area contributed by atoms with Crippen LogP contribution in [0.3, 0.4) is 0 Å². The van der Waals surface area contributed by atoms with Gasteiger partial charge in [0.15, 0.2) is 0 Å². The Kier molecular flexibility index (Phi) is 10.9. The summed E-state index contributed by atoms with van der Waals surface area (Å²) >= 11 is 0. The number of hydrogen-bond acceptors (Lipinski definition) is 7. The molecule has 1 amide bonds. The number of phenolic OH excluding ortho intramolecular Hbond substituents is 1. The minimum atomic E-state index is -0.885. The van der Waals surface area contributed by atoms with Crippen LogP contribution in [0.5, 0.6) is 11.5 Å². The summed E-state index contributed by atoms with van der Waals surface area (Å²) in [7, 11) is 0. The van der Waals surface area contributed by atoms with Crippen LogP contribution in [-0.2, 0) is 0 Å². The number of ether oxygens (including phenoxy) is 1. The summed E-state index contributed by atoms with van der Waals surface area (Å²) in [6.45, 7) is 4.58. The Morgan fingerprint density at radius 2 is 1.73 bits per heavy atom. The number of carboxylic acid groups (broad SMARTS) is 1. The first kappa shape index (κ1) is 33.5. The quantitative estimate of drug-likeness (QED) is 0.104. The molecule has 2 bridgehead atoms. The summed E-state index contributed by atoms with van der Waals surface area (Å²) in [5.74, 6) is 1.10. The number of carbonyl (C=O) groups is 1. The number of benzene rings is 3. The van der Waals surface area contributed by atoms with Gasteiger partial charge in [-0.3, -0.25) is 9.69 Å². The molecule has 0 saturated carbocycles. The van der Waals surface area contributed by atoms with Gasteiger partial charge in [-0.15, -0.1) is 0 Å². The van der Waals surface area contributed by atoms with Gasteiger partial charge in [-0.1, -0.05) is 61.4 Å². The highest BCUT2D eigenvalue weighted by Crippen LogP contribution is 2.39. The van der Waals surface area contributed by atoms with E-state index < -0.39 is 18.2 Å². The molecule has 254 valence electrons. The van der Waals surface area contributed by atoms with Crippen LogP contribution in [0.1, 0.15) is 67.4 Å². The average molecular weight is 655 g/mol. The molecule has 0 radical (unpaired) electrons. The lowest BCUT2D eigenvalue weighted by atomic mass is 9.81. The first-order chi connectivity index (χ1) is 23.4. The summed E-state index contributed by atoms with van der Waals surface area (Å²) < 4.78 is 6.16. The number of aliphatic hydroxyl groups excluding tert-OH is 1. The maximum Gasteiger partial charge on any atom is 0.408 e. The number of rotatable bonds is 15. The SMILES string of the molecule is O=C(O)N(C(c1ccccc1)c1cccc(OCCCCCCNCC(O)c2ccc(O)c3[nH]c(=O)ccc23)c1)C1CN2CCC1CC2. The number of piperidine rings is 3. The molecule has 0 aliphatic carbocycles. The lowest BCUT2D eigenvalue weighted by molar-refractivity contribution is -0.000811. The first-order valence-electron chi connectivity index (χ1n) is 17.1. The van der Waals surface area contributed by atoms with Gasteiger partial charge in [0.05, 0.1) is 30.3 Å². The average Bonchev–Trinajstić information content (AvgIpc) is 3.11. The lowest BCUT2D eigenvalue weighted by Gasteiger charge is -2.50. The van der Waals surface area contributed by atoms with E-state index in [4.69, 9.17) is 4.74 Å². The van der Waals surface area contributed by atoms with Crippen molar-refractivity contribution < 1.29 is 24.9 Å². The van der Waals surface area contributed by atoms with E-state index in [1.165, 1.54) is 12.1 Å². The molecule has 4 aromatic rings. The molecule has 3 aliphatic rings. The molecule has 3 aliphatic heterocycles. The first-order valence-corrected chi connectivity index (χ1v) is 17.1. The molecule has 7 rings (SSSR count). The highest BCUT2D eigenvalue weighted by Gasteiger charge is 2.43. The zero-order valence-electron chi connectivity index (χ0n) is 27.3. The number of hydrogen-bond donors (Lipinski definition) is 5. The van der Waals surface area contributed by atoms with Crippen molar-refractivity contribution in [3.8, 4) is 11.5 Å². The molecule has 0 spiro atoms. The third kappa shape index (κ3) is 7.84. The highest BCUT2D eigenvalue weighted by molar-refractivity contribution is 5.87. The zero-order chi connectivity index (χ0) is 33.5. The van der Waals surface area contributed by atoms with Crippen LogP contribution < -0.4 is 15.6 Å². The Labute approximate surface area is 281 Å². The fraction of sp³-hybridized carbons (Fsp3) is 0.421. The zero-order valence-corrected chi connectivity index (χ0v) is 27.3. The number of amides is 1. The molecule has 3 fully saturated rings. The topological polar surface area (TPSA) is 138 Å². The number of fused-ring (bicyclic) bond motifs is 4. The van der Waals surface area contributed by atoms with E-state index in [9.17, 15) is 24.9 Å². The number of nitrogens with one attached hydrogen (secondary N) is 2. The maximum atomic E-state index is 12.9. The van der Waals surface area contributed by atoms with Gasteiger partial charge >= 0.3 is 6.09 Å². The van der Waals surface area contributed by atoms with Crippen LogP contribution in [0.2, 0.25) is 0 Å². The summed E-state index contributed by atoms with van der Waals surface area (Å²) in [6.07, 6.45) is 4.28. The highest BCUT2D eigenvalue weighted by atomic mass is 16.5.